The molecule has 0 aromatic heterocycles. The van der Waals surface area contributed by atoms with Gasteiger partial charge in [0, 0.05) is 28.6 Å². The van der Waals surface area contributed by atoms with Gasteiger partial charge in [0.2, 0.25) is 5.91 Å². The standard InChI is InChI=1S/C25H32ClN3O2S/c1-2-3-4-5-6-7-13-27-24(30)19-11-12-21-22(15-19)29-25(31)23(28-21)17-32-16-18-9-8-10-20(26)14-18/h8-12,14-15,23,28H,2-7,13,16-17H2,1H3,(H,27,30)(H,29,31)/t23-/m1/s1. The Bertz CT molecular complexity index is 922. The number of carbonyl (C=O) groups is 2. The summed E-state index contributed by atoms with van der Waals surface area (Å²) in [5, 5.41) is 9.94. The van der Waals surface area contributed by atoms with Gasteiger partial charge in [-0.1, -0.05) is 62.8 Å². The number of carbonyl (C=O) groups excluding carboxylic acids is 2. The van der Waals surface area contributed by atoms with Crippen molar-refractivity contribution in [3.05, 3.63) is 58.6 Å². The van der Waals surface area contributed by atoms with E-state index in [4.69, 9.17) is 11.6 Å². The first-order chi connectivity index (χ1) is 15.6. The van der Waals surface area contributed by atoms with Crippen LogP contribution in [0, 0.1) is 0 Å². The van der Waals surface area contributed by atoms with Crippen LogP contribution in [0.3, 0.4) is 0 Å². The van der Waals surface area contributed by atoms with Crippen molar-refractivity contribution in [2.75, 3.05) is 22.9 Å². The zero-order valence-electron chi connectivity index (χ0n) is 18.6. The second kappa shape index (κ2) is 12.8. The third kappa shape index (κ3) is 7.45. The molecule has 7 heteroatoms. The van der Waals surface area contributed by atoms with E-state index >= 15 is 0 Å². The van der Waals surface area contributed by atoms with Crippen molar-refractivity contribution in [3.63, 3.8) is 0 Å². The molecule has 2 amide bonds. The zero-order chi connectivity index (χ0) is 22.8. The first-order valence-electron chi connectivity index (χ1n) is 11.4. The molecule has 0 bridgehead atoms. The van der Waals surface area contributed by atoms with Gasteiger partial charge in [0.05, 0.1) is 11.4 Å². The second-order valence-corrected chi connectivity index (χ2v) is 9.58. The largest absolute Gasteiger partial charge is 0.371 e. The quantitative estimate of drug-likeness (QED) is 0.326. The minimum atomic E-state index is -0.320. The number of halogens is 1. The van der Waals surface area contributed by atoms with Crippen molar-refractivity contribution in [2.45, 2.75) is 57.2 Å². The van der Waals surface area contributed by atoms with E-state index in [-0.39, 0.29) is 17.9 Å². The van der Waals surface area contributed by atoms with Crippen LogP contribution in [-0.2, 0) is 10.5 Å². The molecule has 1 heterocycles. The highest BCUT2D eigenvalue weighted by atomic mass is 35.5. The second-order valence-electron chi connectivity index (χ2n) is 8.12. The molecular formula is C25H32ClN3O2S. The Morgan fingerprint density at radius 3 is 2.69 bits per heavy atom. The summed E-state index contributed by atoms with van der Waals surface area (Å²) in [7, 11) is 0. The molecule has 0 saturated heterocycles. The van der Waals surface area contributed by atoms with Crippen LogP contribution in [0.1, 0.15) is 61.4 Å². The number of fused-ring (bicyclic) bond motifs is 1. The maximum Gasteiger partial charge on any atom is 0.251 e. The third-order valence-corrected chi connectivity index (χ3v) is 6.79. The molecule has 3 N–H and O–H groups in total. The molecule has 2 aromatic carbocycles. The van der Waals surface area contributed by atoms with Gasteiger partial charge < -0.3 is 16.0 Å². The van der Waals surface area contributed by atoms with Crippen LogP contribution in [0.5, 0.6) is 0 Å². The predicted molar refractivity (Wildman–Crippen MR) is 136 cm³/mol. The van der Waals surface area contributed by atoms with Crippen molar-refractivity contribution in [2.24, 2.45) is 0 Å². The van der Waals surface area contributed by atoms with E-state index in [0.717, 1.165) is 34.9 Å². The normalized spacial score (nSPS) is 14.9. The number of rotatable bonds is 12. The highest BCUT2D eigenvalue weighted by molar-refractivity contribution is 7.98. The van der Waals surface area contributed by atoms with Gasteiger partial charge in [0.15, 0.2) is 0 Å². The Morgan fingerprint density at radius 2 is 1.88 bits per heavy atom. The highest BCUT2D eigenvalue weighted by Crippen LogP contribution is 2.29. The SMILES string of the molecule is CCCCCCCCNC(=O)c1ccc2c(c1)NC(=O)[C@@H](CSCc1cccc(Cl)c1)N2. The Kier molecular flexibility index (Phi) is 9.75. The lowest BCUT2D eigenvalue weighted by atomic mass is 10.1. The van der Waals surface area contributed by atoms with Crippen LogP contribution in [0.4, 0.5) is 11.4 Å². The maximum atomic E-state index is 12.5. The number of nitrogens with one attached hydrogen (secondary N) is 3. The molecule has 0 aliphatic carbocycles. The van der Waals surface area contributed by atoms with E-state index in [0.29, 0.717) is 23.5 Å². The predicted octanol–water partition coefficient (Wildman–Crippen LogP) is 6.10. The minimum absolute atomic E-state index is 0.0827. The van der Waals surface area contributed by atoms with Crippen molar-refractivity contribution in [3.8, 4) is 0 Å². The summed E-state index contributed by atoms with van der Waals surface area (Å²) in [6.07, 6.45) is 7.14. The first kappa shape index (κ1) is 24.5. The molecule has 2 aromatic rings. The number of anilines is 2. The van der Waals surface area contributed by atoms with E-state index in [1.54, 1.807) is 23.9 Å². The summed E-state index contributed by atoms with van der Waals surface area (Å²) in [5.74, 6) is 1.24. The van der Waals surface area contributed by atoms with E-state index in [9.17, 15) is 9.59 Å². The van der Waals surface area contributed by atoms with Crippen molar-refractivity contribution in [1.82, 2.24) is 5.32 Å². The van der Waals surface area contributed by atoms with E-state index in [1.807, 2.05) is 30.3 Å². The van der Waals surface area contributed by atoms with Gasteiger partial charge in [-0.3, -0.25) is 9.59 Å². The van der Waals surface area contributed by atoms with Crippen LogP contribution in [0.25, 0.3) is 0 Å². The fraction of sp³-hybridized carbons (Fsp3) is 0.440. The highest BCUT2D eigenvalue weighted by Gasteiger charge is 2.26. The van der Waals surface area contributed by atoms with E-state index < -0.39 is 0 Å². The van der Waals surface area contributed by atoms with Crippen LogP contribution >= 0.6 is 23.4 Å². The minimum Gasteiger partial charge on any atom is -0.371 e. The number of unbranched alkanes of at least 4 members (excludes halogenated alkanes) is 5. The summed E-state index contributed by atoms with van der Waals surface area (Å²) in [5.41, 5.74) is 3.19. The molecule has 5 nitrogen and oxygen atoms in total. The van der Waals surface area contributed by atoms with Crippen LogP contribution in [-0.4, -0.2) is 30.2 Å². The number of hydrogen-bond donors (Lipinski definition) is 3. The van der Waals surface area contributed by atoms with Gasteiger partial charge in [0.25, 0.3) is 5.91 Å². The van der Waals surface area contributed by atoms with Crippen LogP contribution in [0.15, 0.2) is 42.5 Å². The van der Waals surface area contributed by atoms with Crippen LogP contribution < -0.4 is 16.0 Å². The third-order valence-electron chi connectivity index (χ3n) is 5.44. The number of amides is 2. The molecule has 172 valence electrons. The van der Waals surface area contributed by atoms with Crippen molar-refractivity contribution in [1.29, 1.82) is 0 Å². The zero-order valence-corrected chi connectivity index (χ0v) is 20.2. The topological polar surface area (TPSA) is 70.2 Å². The van der Waals surface area contributed by atoms with E-state index in [2.05, 4.69) is 22.9 Å². The molecular weight excluding hydrogens is 442 g/mol. The van der Waals surface area contributed by atoms with Gasteiger partial charge in [-0.15, -0.1) is 0 Å². The molecule has 3 rings (SSSR count). The average Bonchev–Trinajstić information content (AvgIpc) is 2.78. The fourth-order valence-corrected chi connectivity index (χ4v) is 4.85. The monoisotopic (exact) mass is 473 g/mol. The molecule has 0 unspecified atom stereocenters. The lowest BCUT2D eigenvalue weighted by molar-refractivity contribution is -0.116. The number of thioether (sulfide) groups is 1. The first-order valence-corrected chi connectivity index (χ1v) is 12.9. The molecule has 32 heavy (non-hydrogen) atoms. The lowest BCUT2D eigenvalue weighted by Crippen LogP contribution is -2.40. The fourth-order valence-electron chi connectivity index (χ4n) is 3.64. The van der Waals surface area contributed by atoms with Gasteiger partial charge in [0.1, 0.15) is 6.04 Å². The number of benzene rings is 2. The van der Waals surface area contributed by atoms with Gasteiger partial charge >= 0.3 is 0 Å². The van der Waals surface area contributed by atoms with Gasteiger partial charge in [-0.2, -0.15) is 11.8 Å². The van der Waals surface area contributed by atoms with Crippen molar-refractivity contribution < 1.29 is 9.59 Å². The summed E-state index contributed by atoms with van der Waals surface area (Å²) in [6, 6.07) is 12.8. The molecule has 0 fully saturated rings. The average molecular weight is 474 g/mol. The number of hydrogen-bond acceptors (Lipinski definition) is 4. The molecule has 1 atom stereocenters. The van der Waals surface area contributed by atoms with Gasteiger partial charge in [-0.05, 0) is 42.3 Å². The molecule has 1 aliphatic rings. The summed E-state index contributed by atoms with van der Waals surface area (Å²) < 4.78 is 0. The smallest absolute Gasteiger partial charge is 0.251 e. The molecule has 1 aliphatic heterocycles. The summed E-state index contributed by atoms with van der Waals surface area (Å²) in [4.78, 5) is 25.0. The molecule has 0 radical (unpaired) electrons. The summed E-state index contributed by atoms with van der Waals surface area (Å²) in [6.45, 7) is 2.89. The van der Waals surface area contributed by atoms with Crippen molar-refractivity contribution >= 4 is 46.6 Å². The van der Waals surface area contributed by atoms with E-state index in [1.165, 1.54) is 25.7 Å². The maximum absolute atomic E-state index is 12.5. The Morgan fingerprint density at radius 1 is 1.06 bits per heavy atom. The Balaban J connectivity index is 1.45. The lowest BCUT2D eigenvalue weighted by Gasteiger charge is -2.27. The molecule has 0 saturated carbocycles. The Labute approximate surface area is 200 Å². The summed E-state index contributed by atoms with van der Waals surface area (Å²) >= 11 is 7.71. The van der Waals surface area contributed by atoms with Gasteiger partial charge in [-0.25, -0.2) is 0 Å². The Hall–Kier alpha value is -2.18. The molecule has 0 spiro atoms. The van der Waals surface area contributed by atoms with Crippen LogP contribution in [0.2, 0.25) is 5.02 Å².